The van der Waals surface area contributed by atoms with Gasteiger partial charge in [-0.2, -0.15) is 22.3 Å². The average Bonchev–Trinajstić information content (AvgIpc) is 2.28. The minimum absolute atomic E-state index is 0.165. The third-order valence-electron chi connectivity index (χ3n) is 3.03. The first-order valence-electron chi connectivity index (χ1n) is 5.73. The summed E-state index contributed by atoms with van der Waals surface area (Å²) in [5.74, 6) is 0. The number of hydrogen-bond acceptors (Lipinski definition) is 4. The van der Waals surface area contributed by atoms with Crippen molar-refractivity contribution in [3.8, 4) is 6.07 Å². The average molecular weight is 260 g/mol. The molecule has 1 N–H and O–H groups in total. The lowest BCUT2D eigenvalue weighted by molar-refractivity contribution is 0.276. The standard InChI is InChI=1S/C10H20N4O2S/c1-9-8-14(7-6-12-9)17(15,16)13(3)10(2)4-5-11/h9-10,12H,4,6-8H2,1-3H3/t9-,10-/m1/s1. The van der Waals surface area contributed by atoms with Gasteiger partial charge in [-0.1, -0.05) is 0 Å². The van der Waals surface area contributed by atoms with E-state index in [4.69, 9.17) is 5.26 Å². The van der Waals surface area contributed by atoms with Crippen molar-refractivity contribution in [2.45, 2.75) is 32.4 Å². The van der Waals surface area contributed by atoms with Crippen molar-refractivity contribution >= 4 is 10.2 Å². The van der Waals surface area contributed by atoms with Gasteiger partial charge in [0.1, 0.15) is 0 Å². The smallest absolute Gasteiger partial charge is 0.282 e. The molecule has 0 saturated carbocycles. The Kier molecular flexibility index (Phi) is 4.89. The van der Waals surface area contributed by atoms with Crippen molar-refractivity contribution in [2.75, 3.05) is 26.7 Å². The fraction of sp³-hybridized carbons (Fsp3) is 0.900. The van der Waals surface area contributed by atoms with Crippen molar-refractivity contribution in [2.24, 2.45) is 0 Å². The molecule has 6 nitrogen and oxygen atoms in total. The van der Waals surface area contributed by atoms with Crippen LogP contribution in [0.1, 0.15) is 20.3 Å². The Balaban J connectivity index is 2.76. The van der Waals surface area contributed by atoms with Crippen LogP contribution in [-0.2, 0) is 10.2 Å². The summed E-state index contributed by atoms with van der Waals surface area (Å²) in [5.41, 5.74) is 0. The van der Waals surface area contributed by atoms with Crippen LogP contribution in [0.4, 0.5) is 0 Å². The Labute approximate surface area is 103 Å². The number of piperazine rings is 1. The lowest BCUT2D eigenvalue weighted by atomic mass is 10.3. The maximum absolute atomic E-state index is 12.3. The number of nitrogens with one attached hydrogen (secondary N) is 1. The summed E-state index contributed by atoms with van der Waals surface area (Å²) in [6, 6.07) is 1.86. The third kappa shape index (κ3) is 3.39. The normalized spacial score (nSPS) is 24.5. The number of nitriles is 1. The predicted octanol–water partition coefficient (Wildman–Crippen LogP) is -0.241. The maximum atomic E-state index is 12.3. The second-order valence-electron chi connectivity index (χ2n) is 4.45. The molecule has 0 bridgehead atoms. The van der Waals surface area contributed by atoms with Gasteiger partial charge in [-0.15, -0.1) is 0 Å². The van der Waals surface area contributed by atoms with Crippen LogP contribution < -0.4 is 5.32 Å². The summed E-state index contributed by atoms with van der Waals surface area (Å²) in [4.78, 5) is 0. The second kappa shape index (κ2) is 5.78. The highest BCUT2D eigenvalue weighted by atomic mass is 32.2. The van der Waals surface area contributed by atoms with E-state index in [0.29, 0.717) is 19.6 Å². The van der Waals surface area contributed by atoms with E-state index in [9.17, 15) is 8.42 Å². The van der Waals surface area contributed by atoms with Gasteiger partial charge in [0.05, 0.1) is 12.5 Å². The molecule has 0 aromatic rings. The van der Waals surface area contributed by atoms with E-state index in [1.807, 2.05) is 13.0 Å². The molecule has 0 spiro atoms. The fourth-order valence-corrected chi connectivity index (χ4v) is 3.40. The van der Waals surface area contributed by atoms with E-state index in [1.54, 1.807) is 6.92 Å². The Morgan fingerprint density at radius 1 is 1.65 bits per heavy atom. The van der Waals surface area contributed by atoms with Gasteiger partial charge in [0.25, 0.3) is 10.2 Å². The van der Waals surface area contributed by atoms with Crippen molar-refractivity contribution in [3.63, 3.8) is 0 Å². The van der Waals surface area contributed by atoms with Gasteiger partial charge in [0.15, 0.2) is 0 Å². The van der Waals surface area contributed by atoms with E-state index in [2.05, 4.69) is 5.32 Å². The molecular formula is C10H20N4O2S. The molecule has 0 unspecified atom stereocenters. The van der Waals surface area contributed by atoms with Crippen molar-refractivity contribution in [1.82, 2.24) is 13.9 Å². The monoisotopic (exact) mass is 260 g/mol. The number of hydrogen-bond donors (Lipinski definition) is 1. The molecule has 7 heteroatoms. The number of rotatable bonds is 4. The largest absolute Gasteiger partial charge is 0.312 e. The molecule has 1 aliphatic rings. The quantitative estimate of drug-likeness (QED) is 0.757. The summed E-state index contributed by atoms with van der Waals surface area (Å²) in [6.07, 6.45) is 0.206. The molecule has 0 radical (unpaired) electrons. The van der Waals surface area contributed by atoms with Crippen LogP contribution in [0.15, 0.2) is 0 Å². The minimum Gasteiger partial charge on any atom is -0.312 e. The van der Waals surface area contributed by atoms with Crippen molar-refractivity contribution in [3.05, 3.63) is 0 Å². The van der Waals surface area contributed by atoms with Crippen LogP contribution in [0.5, 0.6) is 0 Å². The molecule has 2 atom stereocenters. The lowest BCUT2D eigenvalue weighted by Gasteiger charge is -2.35. The topological polar surface area (TPSA) is 76.4 Å². The van der Waals surface area contributed by atoms with Gasteiger partial charge in [-0.05, 0) is 13.8 Å². The van der Waals surface area contributed by atoms with E-state index < -0.39 is 10.2 Å². The molecule has 0 aromatic carbocycles. The highest BCUT2D eigenvalue weighted by Gasteiger charge is 2.32. The first-order valence-corrected chi connectivity index (χ1v) is 7.12. The lowest BCUT2D eigenvalue weighted by Crippen LogP contribution is -2.55. The predicted molar refractivity (Wildman–Crippen MR) is 65.4 cm³/mol. The molecule has 0 aliphatic carbocycles. The molecule has 0 aromatic heterocycles. The van der Waals surface area contributed by atoms with Crippen molar-refractivity contribution in [1.29, 1.82) is 5.26 Å². The molecule has 98 valence electrons. The van der Waals surface area contributed by atoms with Crippen LogP contribution in [0, 0.1) is 11.3 Å². The van der Waals surface area contributed by atoms with E-state index in [0.717, 1.165) is 0 Å². The van der Waals surface area contributed by atoms with Gasteiger partial charge in [0, 0.05) is 38.8 Å². The fourth-order valence-electron chi connectivity index (χ4n) is 1.78. The summed E-state index contributed by atoms with van der Waals surface area (Å²) >= 11 is 0. The van der Waals surface area contributed by atoms with E-state index in [-0.39, 0.29) is 18.5 Å². The van der Waals surface area contributed by atoms with E-state index >= 15 is 0 Å². The molecule has 1 fully saturated rings. The molecule has 1 aliphatic heterocycles. The first-order chi connectivity index (χ1) is 7.89. The van der Waals surface area contributed by atoms with Crippen molar-refractivity contribution < 1.29 is 8.42 Å². The maximum Gasteiger partial charge on any atom is 0.282 e. The Bertz CT molecular complexity index is 390. The summed E-state index contributed by atoms with van der Waals surface area (Å²) in [5, 5.41) is 11.8. The summed E-state index contributed by atoms with van der Waals surface area (Å²) in [7, 11) is -1.91. The first kappa shape index (κ1) is 14.4. The molecule has 1 saturated heterocycles. The van der Waals surface area contributed by atoms with Gasteiger partial charge in [-0.3, -0.25) is 0 Å². The molecule has 1 heterocycles. The number of nitrogens with zero attached hydrogens (tertiary/aromatic N) is 3. The molecule has 1 rings (SSSR count). The van der Waals surface area contributed by atoms with Gasteiger partial charge < -0.3 is 5.32 Å². The summed E-state index contributed by atoms with van der Waals surface area (Å²) < 4.78 is 27.3. The molecule has 0 amide bonds. The van der Waals surface area contributed by atoms with Gasteiger partial charge >= 0.3 is 0 Å². The zero-order valence-electron chi connectivity index (χ0n) is 10.5. The van der Waals surface area contributed by atoms with E-state index in [1.165, 1.54) is 15.7 Å². The highest BCUT2D eigenvalue weighted by molar-refractivity contribution is 7.86. The third-order valence-corrected chi connectivity index (χ3v) is 5.10. The Morgan fingerprint density at radius 2 is 2.29 bits per heavy atom. The van der Waals surface area contributed by atoms with Gasteiger partial charge in [0.2, 0.25) is 0 Å². The summed E-state index contributed by atoms with van der Waals surface area (Å²) in [6.45, 7) is 5.33. The van der Waals surface area contributed by atoms with Crippen LogP contribution >= 0.6 is 0 Å². The van der Waals surface area contributed by atoms with Crippen LogP contribution in [0.3, 0.4) is 0 Å². The zero-order chi connectivity index (χ0) is 13.1. The second-order valence-corrected chi connectivity index (χ2v) is 6.44. The van der Waals surface area contributed by atoms with Crippen LogP contribution in [0.25, 0.3) is 0 Å². The Hall–Kier alpha value is -0.680. The SMILES string of the molecule is C[C@@H]1CN(S(=O)(=O)N(C)[C@H](C)CC#N)CCN1. The zero-order valence-corrected chi connectivity index (χ0v) is 11.4. The molecular weight excluding hydrogens is 240 g/mol. The molecule has 17 heavy (non-hydrogen) atoms. The van der Waals surface area contributed by atoms with Gasteiger partial charge in [-0.25, -0.2) is 0 Å². The van der Waals surface area contributed by atoms with Crippen LogP contribution in [0.2, 0.25) is 0 Å². The van der Waals surface area contributed by atoms with Crippen LogP contribution in [-0.4, -0.2) is 55.8 Å². The Morgan fingerprint density at radius 3 is 2.82 bits per heavy atom. The minimum atomic E-state index is -3.44. The highest BCUT2D eigenvalue weighted by Crippen LogP contribution is 2.14.